The first-order valence-electron chi connectivity index (χ1n) is 7.08. The molecule has 1 aromatic heterocycles. The maximum absolute atomic E-state index is 8.29. The van der Waals surface area contributed by atoms with Gasteiger partial charge in [-0.2, -0.15) is 8.42 Å². The predicted octanol–water partition coefficient (Wildman–Crippen LogP) is 6.51. The number of benzene rings is 1. The molecule has 126 valence electrons. The van der Waals surface area contributed by atoms with Crippen LogP contribution in [0.3, 0.4) is 0 Å². The van der Waals surface area contributed by atoms with Gasteiger partial charge < -0.3 is 0 Å². The van der Waals surface area contributed by atoms with Crippen LogP contribution >= 0.6 is 34.5 Å². The Labute approximate surface area is 155 Å². The smallest absolute Gasteiger partial charge is 0.168 e. The van der Waals surface area contributed by atoms with Gasteiger partial charge in [-0.3, -0.25) is 0 Å². The zero-order chi connectivity index (χ0) is 17.8. The summed E-state index contributed by atoms with van der Waals surface area (Å²) in [5.74, 6) is 0.352. The van der Waals surface area contributed by atoms with Crippen LogP contribution in [0.25, 0.3) is 10.4 Å². The summed E-state index contributed by atoms with van der Waals surface area (Å²) in [7, 11) is 0. The number of rotatable bonds is 2. The second kappa shape index (κ2) is 8.43. The highest BCUT2D eigenvalue weighted by Crippen LogP contribution is 2.45. The Balaban J connectivity index is 0.000000816. The number of aryl methyl sites for hydroxylation is 1. The van der Waals surface area contributed by atoms with E-state index in [4.69, 9.17) is 31.6 Å². The summed E-state index contributed by atoms with van der Waals surface area (Å²) < 4.78 is 16.6. The third-order valence-electron chi connectivity index (χ3n) is 3.82. The van der Waals surface area contributed by atoms with Gasteiger partial charge in [0.15, 0.2) is 0 Å². The van der Waals surface area contributed by atoms with E-state index in [1.807, 2.05) is 12.1 Å². The Morgan fingerprint density at radius 2 is 1.70 bits per heavy atom. The summed E-state index contributed by atoms with van der Waals surface area (Å²) in [6.45, 7) is 11.1. The zero-order valence-corrected chi connectivity index (χ0v) is 16.9. The molecule has 2 aromatic rings. The number of hydrogen-bond donors (Lipinski definition) is 0. The molecule has 6 heteroatoms. The molecule has 0 spiro atoms. The molecule has 0 bridgehead atoms. The first kappa shape index (κ1) is 20.4. The zero-order valence-electron chi connectivity index (χ0n) is 13.8. The summed E-state index contributed by atoms with van der Waals surface area (Å²) in [6.07, 6.45) is 0. The number of hydrogen-bond acceptors (Lipinski definition) is 3. The van der Waals surface area contributed by atoms with E-state index in [2.05, 4.69) is 46.1 Å². The van der Waals surface area contributed by atoms with E-state index in [9.17, 15) is 0 Å². The molecule has 2 nitrogen and oxygen atoms in total. The summed E-state index contributed by atoms with van der Waals surface area (Å²) in [4.78, 5) is 1.23. The van der Waals surface area contributed by atoms with E-state index in [-0.39, 0.29) is 5.41 Å². The molecular weight excluding hydrogens is 371 g/mol. The maximum Gasteiger partial charge on any atom is 0.335 e. The maximum atomic E-state index is 8.29. The SMILES string of the molecule is Cc1csc(-c2cc(Cl)cc(Cl)c2C(C)C(C)(C)C)c1.O=S=O. The van der Waals surface area contributed by atoms with Gasteiger partial charge in [0.2, 0.25) is 0 Å². The van der Waals surface area contributed by atoms with Crippen LogP contribution in [0.1, 0.15) is 44.7 Å². The molecule has 0 aliphatic carbocycles. The van der Waals surface area contributed by atoms with Crippen molar-refractivity contribution in [2.24, 2.45) is 5.41 Å². The van der Waals surface area contributed by atoms with Crippen LogP contribution in [0, 0.1) is 12.3 Å². The fourth-order valence-corrected chi connectivity index (χ4v) is 3.82. The van der Waals surface area contributed by atoms with Crippen molar-refractivity contribution in [2.75, 3.05) is 0 Å². The third kappa shape index (κ3) is 5.42. The van der Waals surface area contributed by atoms with E-state index in [1.165, 1.54) is 21.6 Å². The molecule has 1 atom stereocenters. The Hall–Kier alpha value is -0.680. The van der Waals surface area contributed by atoms with Crippen molar-refractivity contribution < 1.29 is 8.42 Å². The lowest BCUT2D eigenvalue weighted by Crippen LogP contribution is -2.16. The first-order valence-corrected chi connectivity index (χ1v) is 9.38. The Morgan fingerprint density at radius 3 is 2.13 bits per heavy atom. The number of halogens is 2. The van der Waals surface area contributed by atoms with Crippen molar-refractivity contribution in [3.63, 3.8) is 0 Å². The van der Waals surface area contributed by atoms with E-state index < -0.39 is 11.6 Å². The molecule has 1 unspecified atom stereocenters. The van der Waals surface area contributed by atoms with Crippen LogP contribution in [-0.2, 0) is 11.6 Å². The normalized spacial score (nSPS) is 12.3. The summed E-state index contributed by atoms with van der Waals surface area (Å²) in [5, 5.41) is 3.62. The van der Waals surface area contributed by atoms with Crippen molar-refractivity contribution in [1.82, 2.24) is 0 Å². The number of thiophene rings is 1. The molecule has 0 saturated carbocycles. The summed E-state index contributed by atoms with van der Waals surface area (Å²) in [5.41, 5.74) is 3.79. The highest BCUT2D eigenvalue weighted by atomic mass is 35.5. The fraction of sp³-hybridized carbons (Fsp3) is 0.412. The molecule has 0 saturated heterocycles. The quantitative estimate of drug-likeness (QED) is 0.585. The van der Waals surface area contributed by atoms with Gasteiger partial charge in [0.25, 0.3) is 0 Å². The van der Waals surface area contributed by atoms with Gasteiger partial charge in [-0.25, -0.2) is 0 Å². The van der Waals surface area contributed by atoms with Crippen molar-refractivity contribution >= 4 is 46.1 Å². The van der Waals surface area contributed by atoms with Gasteiger partial charge >= 0.3 is 11.6 Å². The van der Waals surface area contributed by atoms with E-state index in [1.54, 1.807) is 11.3 Å². The predicted molar refractivity (Wildman–Crippen MR) is 101 cm³/mol. The lowest BCUT2D eigenvalue weighted by molar-refractivity contribution is 0.340. The molecule has 0 radical (unpaired) electrons. The second-order valence-corrected chi connectivity index (χ2v) is 8.38. The van der Waals surface area contributed by atoms with Crippen LogP contribution in [-0.4, -0.2) is 8.42 Å². The summed E-state index contributed by atoms with van der Waals surface area (Å²) in [6, 6.07) is 6.09. The average molecular weight is 391 g/mol. The van der Waals surface area contributed by atoms with Crippen LogP contribution in [0.4, 0.5) is 0 Å². The van der Waals surface area contributed by atoms with Crippen LogP contribution in [0.5, 0.6) is 0 Å². The molecule has 0 aliphatic rings. The Morgan fingerprint density at radius 1 is 1.13 bits per heavy atom. The van der Waals surface area contributed by atoms with Crippen molar-refractivity contribution in [2.45, 2.75) is 40.5 Å². The average Bonchev–Trinajstić information content (AvgIpc) is 2.83. The minimum atomic E-state index is -0.750. The minimum absolute atomic E-state index is 0.151. The topological polar surface area (TPSA) is 34.1 Å². The monoisotopic (exact) mass is 390 g/mol. The lowest BCUT2D eigenvalue weighted by atomic mass is 9.76. The highest BCUT2D eigenvalue weighted by Gasteiger charge is 2.27. The van der Waals surface area contributed by atoms with E-state index >= 15 is 0 Å². The molecule has 23 heavy (non-hydrogen) atoms. The van der Waals surface area contributed by atoms with Gasteiger partial charge in [-0.15, -0.1) is 11.3 Å². The van der Waals surface area contributed by atoms with Crippen molar-refractivity contribution in [3.8, 4) is 10.4 Å². The second-order valence-electron chi connectivity index (χ2n) is 6.49. The molecule has 0 amide bonds. The molecule has 1 heterocycles. The van der Waals surface area contributed by atoms with Crippen molar-refractivity contribution in [1.29, 1.82) is 0 Å². The first-order chi connectivity index (χ1) is 10.6. The van der Waals surface area contributed by atoms with Crippen LogP contribution < -0.4 is 0 Å². The Kier molecular flexibility index (Phi) is 7.46. The van der Waals surface area contributed by atoms with Gasteiger partial charge in [0.05, 0.1) is 0 Å². The molecule has 1 aromatic carbocycles. The third-order valence-corrected chi connectivity index (χ3v) is 5.43. The highest BCUT2D eigenvalue weighted by molar-refractivity contribution is 7.51. The molecule has 0 fully saturated rings. The molecular formula is C17H20Cl2O2S2. The summed E-state index contributed by atoms with van der Waals surface area (Å²) >= 11 is 13.7. The van der Waals surface area contributed by atoms with Gasteiger partial charge in [0.1, 0.15) is 0 Å². The Bertz CT molecular complexity index is 712. The van der Waals surface area contributed by atoms with Gasteiger partial charge in [-0.1, -0.05) is 50.9 Å². The van der Waals surface area contributed by atoms with Crippen molar-refractivity contribution in [3.05, 3.63) is 44.8 Å². The molecule has 0 N–H and O–H groups in total. The fourth-order valence-electron chi connectivity index (χ4n) is 2.23. The lowest BCUT2D eigenvalue weighted by Gasteiger charge is -2.30. The molecule has 2 rings (SSSR count). The standard InChI is InChI=1S/C17H20Cl2S.O2S/c1-10-6-15(20-9-10)13-7-12(18)8-14(19)16(13)11(2)17(3,4)5;1-3-2/h6-9,11H,1-5H3;. The van der Waals surface area contributed by atoms with E-state index in [0.29, 0.717) is 10.9 Å². The van der Waals surface area contributed by atoms with Crippen LogP contribution in [0.15, 0.2) is 23.6 Å². The molecule has 0 aliphatic heterocycles. The van der Waals surface area contributed by atoms with Crippen LogP contribution in [0.2, 0.25) is 10.0 Å². The largest absolute Gasteiger partial charge is 0.335 e. The van der Waals surface area contributed by atoms with E-state index in [0.717, 1.165) is 5.02 Å². The van der Waals surface area contributed by atoms with Gasteiger partial charge in [0, 0.05) is 14.9 Å². The van der Waals surface area contributed by atoms with Gasteiger partial charge in [-0.05, 0) is 58.5 Å². The minimum Gasteiger partial charge on any atom is -0.168 e.